The molecule has 2 unspecified atom stereocenters. The average molecular weight is 380 g/mol. The van der Waals surface area contributed by atoms with Crippen LogP contribution in [-0.4, -0.2) is 42.4 Å². The average Bonchev–Trinajstić information content (AvgIpc) is 2.96. The molecule has 0 spiro atoms. The van der Waals surface area contributed by atoms with Gasteiger partial charge >= 0.3 is 0 Å². The van der Waals surface area contributed by atoms with Crippen LogP contribution in [0, 0.1) is 5.92 Å². The minimum absolute atomic E-state index is 0.0164. The van der Waals surface area contributed by atoms with Crippen molar-refractivity contribution in [3.8, 4) is 0 Å². The van der Waals surface area contributed by atoms with Crippen LogP contribution in [0.4, 0.5) is 5.69 Å². The van der Waals surface area contributed by atoms with Crippen LogP contribution in [0.3, 0.4) is 0 Å². The third-order valence-corrected chi connectivity index (χ3v) is 5.27. The monoisotopic (exact) mass is 379 g/mol. The van der Waals surface area contributed by atoms with E-state index in [0.29, 0.717) is 19.5 Å². The van der Waals surface area contributed by atoms with Crippen LogP contribution in [-0.2, 0) is 9.59 Å². The number of hydrogen-bond donors (Lipinski definition) is 1. The molecule has 5 nitrogen and oxygen atoms in total. The van der Waals surface area contributed by atoms with E-state index < -0.39 is 0 Å². The summed E-state index contributed by atoms with van der Waals surface area (Å²) in [5.41, 5.74) is 6.66. The first kappa shape index (κ1) is 16.5. The fraction of sp³-hybridized carbons (Fsp3) is 0.529. The summed E-state index contributed by atoms with van der Waals surface area (Å²) >= 11 is 3.43. The molecule has 23 heavy (non-hydrogen) atoms. The van der Waals surface area contributed by atoms with Gasteiger partial charge in [-0.3, -0.25) is 9.59 Å². The maximum absolute atomic E-state index is 12.8. The van der Waals surface area contributed by atoms with Crippen molar-refractivity contribution in [3.05, 3.63) is 28.7 Å². The molecule has 0 bridgehead atoms. The maximum Gasteiger partial charge on any atom is 0.228 e. The number of carbonyl (C=O) groups excluding carboxylic acids is 2. The van der Waals surface area contributed by atoms with Gasteiger partial charge in [-0.05, 0) is 37.5 Å². The molecule has 6 heteroatoms. The molecular weight excluding hydrogens is 358 g/mol. The van der Waals surface area contributed by atoms with Gasteiger partial charge in [0.2, 0.25) is 11.8 Å². The molecular formula is C17H22BrN3O2. The zero-order valence-electron chi connectivity index (χ0n) is 13.1. The van der Waals surface area contributed by atoms with Crippen LogP contribution in [0.25, 0.3) is 0 Å². The fourth-order valence-corrected chi connectivity index (χ4v) is 3.92. The van der Waals surface area contributed by atoms with Gasteiger partial charge in [-0.2, -0.15) is 0 Å². The van der Waals surface area contributed by atoms with Crippen LogP contribution < -0.4 is 10.6 Å². The van der Waals surface area contributed by atoms with Crippen molar-refractivity contribution < 1.29 is 9.59 Å². The Morgan fingerprint density at radius 2 is 2.17 bits per heavy atom. The quantitative estimate of drug-likeness (QED) is 0.874. The molecule has 2 atom stereocenters. The van der Waals surface area contributed by atoms with E-state index in [2.05, 4.69) is 15.9 Å². The zero-order chi connectivity index (χ0) is 16.4. The Morgan fingerprint density at radius 1 is 1.35 bits per heavy atom. The standard InChI is InChI=1S/C17H22BrN3O2/c18-13-4-3-6-14(9-13)21-11-12(8-16(21)22)17(23)20-7-2-1-5-15(20)10-19/h3-4,6,9,12,15H,1-2,5,7-8,10-11,19H2. The van der Waals surface area contributed by atoms with Crippen molar-refractivity contribution in [3.63, 3.8) is 0 Å². The second-order valence-electron chi connectivity index (χ2n) is 6.30. The smallest absolute Gasteiger partial charge is 0.228 e. The lowest BCUT2D eigenvalue weighted by atomic mass is 9.98. The molecule has 2 fully saturated rings. The molecule has 0 saturated carbocycles. The second kappa shape index (κ2) is 7.01. The third kappa shape index (κ3) is 3.43. The largest absolute Gasteiger partial charge is 0.338 e. The number of amides is 2. The summed E-state index contributed by atoms with van der Waals surface area (Å²) in [5, 5.41) is 0. The lowest BCUT2D eigenvalue weighted by Gasteiger charge is -2.36. The van der Waals surface area contributed by atoms with E-state index in [4.69, 9.17) is 5.73 Å². The zero-order valence-corrected chi connectivity index (χ0v) is 14.7. The van der Waals surface area contributed by atoms with Crippen molar-refractivity contribution in [2.45, 2.75) is 31.7 Å². The predicted octanol–water partition coefficient (Wildman–Crippen LogP) is 2.14. The predicted molar refractivity (Wildman–Crippen MR) is 93.0 cm³/mol. The van der Waals surface area contributed by atoms with Crippen molar-refractivity contribution >= 4 is 33.4 Å². The Morgan fingerprint density at radius 3 is 2.91 bits per heavy atom. The fourth-order valence-electron chi connectivity index (χ4n) is 3.54. The summed E-state index contributed by atoms with van der Waals surface area (Å²) in [5.74, 6) is -0.151. The van der Waals surface area contributed by atoms with Crippen molar-refractivity contribution in [2.75, 3.05) is 24.5 Å². The molecule has 2 aliphatic heterocycles. The molecule has 2 heterocycles. The highest BCUT2D eigenvalue weighted by atomic mass is 79.9. The summed E-state index contributed by atoms with van der Waals surface area (Å²) in [6.45, 7) is 1.73. The number of piperidine rings is 1. The van der Waals surface area contributed by atoms with Gasteiger partial charge in [0.25, 0.3) is 0 Å². The molecule has 2 aliphatic rings. The SMILES string of the molecule is NCC1CCCCN1C(=O)C1CC(=O)N(c2cccc(Br)c2)C1. The van der Waals surface area contributed by atoms with Crippen LogP contribution in [0.15, 0.2) is 28.7 Å². The van der Waals surface area contributed by atoms with Crippen LogP contribution in [0.2, 0.25) is 0 Å². The van der Waals surface area contributed by atoms with E-state index >= 15 is 0 Å². The summed E-state index contributed by atoms with van der Waals surface area (Å²) in [7, 11) is 0. The first-order valence-electron chi connectivity index (χ1n) is 8.16. The number of rotatable bonds is 3. The minimum Gasteiger partial charge on any atom is -0.338 e. The lowest BCUT2D eigenvalue weighted by molar-refractivity contribution is -0.139. The molecule has 1 aromatic carbocycles. The van der Waals surface area contributed by atoms with E-state index in [1.807, 2.05) is 29.2 Å². The summed E-state index contributed by atoms with van der Waals surface area (Å²) in [6, 6.07) is 7.77. The van der Waals surface area contributed by atoms with Gasteiger partial charge in [-0.1, -0.05) is 22.0 Å². The highest BCUT2D eigenvalue weighted by Gasteiger charge is 2.39. The first-order chi connectivity index (χ1) is 11.1. The van der Waals surface area contributed by atoms with Crippen LogP contribution in [0.1, 0.15) is 25.7 Å². The van der Waals surface area contributed by atoms with Gasteiger partial charge < -0.3 is 15.5 Å². The number of hydrogen-bond acceptors (Lipinski definition) is 3. The number of likely N-dealkylation sites (tertiary alicyclic amines) is 1. The first-order valence-corrected chi connectivity index (χ1v) is 8.96. The molecule has 2 N–H and O–H groups in total. The summed E-state index contributed by atoms with van der Waals surface area (Å²) in [6.07, 6.45) is 3.41. The Bertz CT molecular complexity index is 607. The molecule has 0 radical (unpaired) electrons. The summed E-state index contributed by atoms with van der Waals surface area (Å²) < 4.78 is 0.928. The molecule has 0 aliphatic carbocycles. The Labute approximate surface area is 144 Å². The van der Waals surface area contributed by atoms with Crippen molar-refractivity contribution in [2.24, 2.45) is 11.7 Å². The topological polar surface area (TPSA) is 66.6 Å². The normalized spacial score (nSPS) is 25.0. The van der Waals surface area contributed by atoms with Crippen LogP contribution in [0.5, 0.6) is 0 Å². The number of nitrogens with two attached hydrogens (primary N) is 1. The van der Waals surface area contributed by atoms with Gasteiger partial charge in [-0.15, -0.1) is 0 Å². The van der Waals surface area contributed by atoms with E-state index in [0.717, 1.165) is 36.0 Å². The van der Waals surface area contributed by atoms with E-state index in [-0.39, 0.29) is 23.8 Å². The Kier molecular flexibility index (Phi) is 5.02. The lowest BCUT2D eigenvalue weighted by Crippen LogP contribution is -2.50. The molecule has 0 aromatic heterocycles. The van der Waals surface area contributed by atoms with Gasteiger partial charge in [0.05, 0.1) is 5.92 Å². The number of halogens is 1. The van der Waals surface area contributed by atoms with Gasteiger partial charge in [0, 0.05) is 42.3 Å². The minimum atomic E-state index is -0.256. The molecule has 2 saturated heterocycles. The highest BCUT2D eigenvalue weighted by molar-refractivity contribution is 9.10. The van der Waals surface area contributed by atoms with Crippen molar-refractivity contribution in [1.82, 2.24) is 4.90 Å². The molecule has 1 aromatic rings. The van der Waals surface area contributed by atoms with Crippen LogP contribution >= 0.6 is 15.9 Å². The van der Waals surface area contributed by atoms with Gasteiger partial charge in [0.1, 0.15) is 0 Å². The highest BCUT2D eigenvalue weighted by Crippen LogP contribution is 2.29. The summed E-state index contributed by atoms with van der Waals surface area (Å²) in [4.78, 5) is 28.8. The van der Waals surface area contributed by atoms with E-state index in [1.54, 1.807) is 4.90 Å². The maximum atomic E-state index is 12.8. The number of nitrogens with zero attached hydrogens (tertiary/aromatic N) is 2. The Hall–Kier alpha value is -1.40. The van der Waals surface area contributed by atoms with Crippen molar-refractivity contribution in [1.29, 1.82) is 0 Å². The number of carbonyl (C=O) groups is 2. The van der Waals surface area contributed by atoms with E-state index in [1.165, 1.54) is 0 Å². The number of anilines is 1. The van der Waals surface area contributed by atoms with Gasteiger partial charge in [0.15, 0.2) is 0 Å². The third-order valence-electron chi connectivity index (χ3n) is 4.78. The number of benzene rings is 1. The second-order valence-corrected chi connectivity index (χ2v) is 7.22. The van der Waals surface area contributed by atoms with Gasteiger partial charge in [-0.25, -0.2) is 0 Å². The molecule has 3 rings (SSSR count). The molecule has 124 valence electrons. The Balaban J connectivity index is 1.72. The van der Waals surface area contributed by atoms with E-state index in [9.17, 15) is 9.59 Å². The molecule has 2 amide bonds.